The first-order chi connectivity index (χ1) is 8.01. The van der Waals surface area contributed by atoms with Crippen LogP contribution in [0.3, 0.4) is 0 Å². The Labute approximate surface area is 105 Å². The van der Waals surface area contributed by atoms with Gasteiger partial charge in [0.1, 0.15) is 4.90 Å². The predicted molar refractivity (Wildman–Crippen MR) is 70.2 cm³/mol. The molecule has 0 radical (unpaired) electrons. The zero-order chi connectivity index (χ0) is 12.9. The van der Waals surface area contributed by atoms with Gasteiger partial charge in [-0.3, -0.25) is 10.8 Å². The SMILES string of the molecule is CSC(C)CNS(=O)(=O)c1cnccc1NN. The number of nitrogens with two attached hydrogens (primary N) is 1. The normalized spacial score (nSPS) is 13.4. The van der Waals surface area contributed by atoms with Gasteiger partial charge in [-0.05, 0) is 12.3 Å². The molecule has 1 rings (SSSR count). The summed E-state index contributed by atoms with van der Waals surface area (Å²) >= 11 is 1.59. The number of nitrogens with one attached hydrogen (secondary N) is 2. The first kappa shape index (κ1) is 14.2. The lowest BCUT2D eigenvalue weighted by molar-refractivity contribution is 0.581. The minimum absolute atomic E-state index is 0.0517. The molecule has 0 fully saturated rings. The second kappa shape index (κ2) is 6.20. The fourth-order valence-electron chi connectivity index (χ4n) is 1.10. The van der Waals surface area contributed by atoms with Gasteiger partial charge in [0.25, 0.3) is 0 Å². The molecule has 1 atom stereocenters. The summed E-state index contributed by atoms with van der Waals surface area (Å²) in [4.78, 5) is 3.84. The van der Waals surface area contributed by atoms with Crippen LogP contribution < -0.4 is 16.0 Å². The van der Waals surface area contributed by atoms with E-state index < -0.39 is 10.0 Å². The molecular formula is C9H16N4O2S2. The lowest BCUT2D eigenvalue weighted by Gasteiger charge is -2.12. The molecule has 0 aliphatic heterocycles. The maximum Gasteiger partial charge on any atom is 0.244 e. The molecule has 4 N–H and O–H groups in total. The Morgan fingerprint density at radius 3 is 2.88 bits per heavy atom. The fourth-order valence-corrected chi connectivity index (χ4v) is 2.70. The largest absolute Gasteiger partial charge is 0.323 e. The third-order valence-corrected chi connectivity index (χ3v) is 4.62. The number of nitrogen functional groups attached to an aromatic ring is 1. The number of hydrogen-bond donors (Lipinski definition) is 3. The summed E-state index contributed by atoms with van der Waals surface area (Å²) in [6.07, 6.45) is 4.66. The average Bonchev–Trinajstić information content (AvgIpc) is 2.35. The van der Waals surface area contributed by atoms with E-state index in [2.05, 4.69) is 15.1 Å². The number of hydrogen-bond acceptors (Lipinski definition) is 6. The van der Waals surface area contributed by atoms with Crippen molar-refractivity contribution in [3.63, 3.8) is 0 Å². The first-order valence-electron chi connectivity index (χ1n) is 4.94. The Bertz CT molecular complexity index is 464. The van der Waals surface area contributed by atoms with Crippen LogP contribution in [0.5, 0.6) is 0 Å². The molecule has 0 aliphatic rings. The lowest BCUT2D eigenvalue weighted by atomic mass is 10.4. The Morgan fingerprint density at radius 2 is 2.29 bits per heavy atom. The van der Waals surface area contributed by atoms with E-state index in [1.807, 2.05) is 13.2 Å². The van der Waals surface area contributed by atoms with E-state index in [1.165, 1.54) is 18.5 Å². The van der Waals surface area contributed by atoms with Gasteiger partial charge in [-0.2, -0.15) is 11.8 Å². The Hall–Kier alpha value is -0.830. The molecule has 0 amide bonds. The van der Waals surface area contributed by atoms with Gasteiger partial charge in [-0.25, -0.2) is 13.1 Å². The molecule has 1 aromatic heterocycles. The van der Waals surface area contributed by atoms with E-state index in [9.17, 15) is 8.42 Å². The highest BCUT2D eigenvalue weighted by molar-refractivity contribution is 7.99. The van der Waals surface area contributed by atoms with E-state index in [4.69, 9.17) is 5.84 Å². The predicted octanol–water partition coefficient (Wildman–Crippen LogP) is 0.397. The molecule has 0 saturated carbocycles. The van der Waals surface area contributed by atoms with Gasteiger partial charge in [0.05, 0.1) is 5.69 Å². The van der Waals surface area contributed by atoms with Gasteiger partial charge in [-0.1, -0.05) is 6.92 Å². The molecule has 1 heterocycles. The standard InChI is InChI=1S/C9H16N4O2S2/c1-7(16-2)5-12-17(14,15)9-6-11-4-3-8(9)13-10/h3-4,6-7,12H,5,10H2,1-2H3,(H,11,13). The van der Waals surface area contributed by atoms with Crippen molar-refractivity contribution < 1.29 is 8.42 Å². The van der Waals surface area contributed by atoms with Crippen molar-refractivity contribution in [1.82, 2.24) is 9.71 Å². The summed E-state index contributed by atoms with van der Waals surface area (Å²) in [6, 6.07) is 1.51. The molecule has 96 valence electrons. The van der Waals surface area contributed by atoms with Gasteiger partial charge in [0.2, 0.25) is 10.0 Å². The molecular weight excluding hydrogens is 260 g/mol. The number of rotatable bonds is 6. The summed E-state index contributed by atoms with van der Waals surface area (Å²) < 4.78 is 26.5. The number of hydrazine groups is 1. The second-order valence-electron chi connectivity index (χ2n) is 3.41. The van der Waals surface area contributed by atoms with Gasteiger partial charge in [0, 0.05) is 24.2 Å². The average molecular weight is 276 g/mol. The Morgan fingerprint density at radius 1 is 1.59 bits per heavy atom. The van der Waals surface area contributed by atoms with Gasteiger partial charge in [-0.15, -0.1) is 0 Å². The maximum atomic E-state index is 12.0. The van der Waals surface area contributed by atoms with Crippen molar-refractivity contribution in [2.75, 3.05) is 18.2 Å². The molecule has 1 unspecified atom stereocenters. The van der Waals surface area contributed by atoms with Crippen LogP contribution in [0.15, 0.2) is 23.4 Å². The van der Waals surface area contributed by atoms with Gasteiger partial charge >= 0.3 is 0 Å². The van der Waals surface area contributed by atoms with Crippen molar-refractivity contribution in [2.24, 2.45) is 5.84 Å². The smallest absolute Gasteiger partial charge is 0.244 e. The fraction of sp³-hybridized carbons (Fsp3) is 0.444. The third-order valence-electron chi connectivity index (χ3n) is 2.19. The molecule has 8 heteroatoms. The van der Waals surface area contributed by atoms with Gasteiger partial charge < -0.3 is 5.43 Å². The zero-order valence-electron chi connectivity index (χ0n) is 9.67. The third kappa shape index (κ3) is 3.84. The van der Waals surface area contributed by atoms with Crippen LogP contribution in [-0.2, 0) is 10.0 Å². The maximum absolute atomic E-state index is 12.0. The highest BCUT2D eigenvalue weighted by Crippen LogP contribution is 2.18. The molecule has 1 aromatic rings. The van der Waals surface area contributed by atoms with Crippen LogP contribution in [0, 0.1) is 0 Å². The van der Waals surface area contributed by atoms with E-state index >= 15 is 0 Å². The topological polar surface area (TPSA) is 97.1 Å². The van der Waals surface area contributed by atoms with Crippen LogP contribution in [-0.4, -0.2) is 31.5 Å². The van der Waals surface area contributed by atoms with Crippen molar-refractivity contribution in [3.05, 3.63) is 18.5 Å². The summed E-state index contributed by atoms with van der Waals surface area (Å²) in [7, 11) is -3.58. The summed E-state index contributed by atoms with van der Waals surface area (Å²) in [5.41, 5.74) is 2.66. The minimum atomic E-state index is -3.58. The van der Waals surface area contributed by atoms with Crippen molar-refractivity contribution in [3.8, 4) is 0 Å². The van der Waals surface area contributed by atoms with Crippen LogP contribution in [0.4, 0.5) is 5.69 Å². The quantitative estimate of drug-likeness (QED) is 0.514. The lowest BCUT2D eigenvalue weighted by Crippen LogP contribution is -2.30. The zero-order valence-corrected chi connectivity index (χ0v) is 11.3. The van der Waals surface area contributed by atoms with Crippen LogP contribution in [0.1, 0.15) is 6.92 Å². The summed E-state index contributed by atoms with van der Waals surface area (Å²) in [5, 5.41) is 0.204. The number of thioether (sulfide) groups is 1. The van der Waals surface area contributed by atoms with Crippen LogP contribution in [0.25, 0.3) is 0 Å². The number of sulfonamides is 1. The number of anilines is 1. The van der Waals surface area contributed by atoms with E-state index in [-0.39, 0.29) is 10.1 Å². The summed E-state index contributed by atoms with van der Waals surface area (Å²) in [5.74, 6) is 5.26. The molecule has 0 saturated heterocycles. The van der Waals surface area contributed by atoms with Crippen molar-refractivity contribution >= 4 is 27.5 Å². The number of aromatic nitrogens is 1. The van der Waals surface area contributed by atoms with E-state index in [0.29, 0.717) is 12.2 Å². The second-order valence-corrected chi connectivity index (χ2v) is 6.43. The molecule has 0 bridgehead atoms. The van der Waals surface area contributed by atoms with Crippen molar-refractivity contribution in [1.29, 1.82) is 0 Å². The first-order valence-corrected chi connectivity index (χ1v) is 7.71. The number of nitrogens with zero attached hydrogens (tertiary/aromatic N) is 1. The molecule has 0 spiro atoms. The van der Waals surface area contributed by atoms with Crippen molar-refractivity contribution in [2.45, 2.75) is 17.1 Å². The highest BCUT2D eigenvalue weighted by Gasteiger charge is 2.18. The Balaban J connectivity index is 2.89. The molecule has 17 heavy (non-hydrogen) atoms. The molecule has 0 aromatic carbocycles. The van der Waals surface area contributed by atoms with Crippen LogP contribution >= 0.6 is 11.8 Å². The van der Waals surface area contributed by atoms with E-state index in [1.54, 1.807) is 11.8 Å². The molecule has 6 nitrogen and oxygen atoms in total. The Kier molecular flexibility index (Phi) is 5.19. The van der Waals surface area contributed by atoms with Gasteiger partial charge in [0.15, 0.2) is 0 Å². The number of pyridine rings is 1. The van der Waals surface area contributed by atoms with Crippen LogP contribution in [0.2, 0.25) is 0 Å². The van der Waals surface area contributed by atoms with E-state index in [0.717, 1.165) is 0 Å². The molecule has 0 aliphatic carbocycles. The summed E-state index contributed by atoms with van der Waals surface area (Å²) in [6.45, 7) is 2.31. The highest BCUT2D eigenvalue weighted by atomic mass is 32.2. The monoisotopic (exact) mass is 276 g/mol. The minimum Gasteiger partial charge on any atom is -0.323 e.